The molecule has 23 heavy (non-hydrogen) atoms. The molecule has 1 amide bonds. The van der Waals surface area contributed by atoms with E-state index in [0.29, 0.717) is 25.4 Å². The van der Waals surface area contributed by atoms with Crippen LogP contribution in [0, 0.1) is 12.7 Å². The molecule has 1 aromatic heterocycles. The van der Waals surface area contributed by atoms with Gasteiger partial charge in [0.15, 0.2) is 0 Å². The molecule has 120 valence electrons. The van der Waals surface area contributed by atoms with Crippen LogP contribution in [0.2, 0.25) is 5.02 Å². The van der Waals surface area contributed by atoms with Gasteiger partial charge >= 0.3 is 0 Å². The monoisotopic (exact) mass is 334 g/mol. The molecule has 0 radical (unpaired) electrons. The standard InChI is InChI=1S/C17H16ClFN2O2/c1-11-4-2-7-15(20-11)23-12-8-9-21(10-12)17(22)16-13(18)5-3-6-14(16)19/h2-7,12H,8-10H2,1H3. The summed E-state index contributed by atoms with van der Waals surface area (Å²) in [7, 11) is 0. The molecule has 6 heteroatoms. The predicted molar refractivity (Wildman–Crippen MR) is 85.3 cm³/mol. The van der Waals surface area contributed by atoms with Gasteiger partial charge < -0.3 is 9.64 Å². The van der Waals surface area contributed by atoms with E-state index in [9.17, 15) is 9.18 Å². The first-order valence-electron chi connectivity index (χ1n) is 7.38. The first-order chi connectivity index (χ1) is 11.0. The van der Waals surface area contributed by atoms with Crippen LogP contribution < -0.4 is 4.74 Å². The molecule has 1 saturated heterocycles. The normalized spacial score (nSPS) is 17.3. The zero-order chi connectivity index (χ0) is 16.4. The number of nitrogens with zero attached hydrogens (tertiary/aromatic N) is 2. The Hall–Kier alpha value is -2.14. The van der Waals surface area contributed by atoms with Gasteiger partial charge in [-0.2, -0.15) is 0 Å². The van der Waals surface area contributed by atoms with Crippen LogP contribution in [0.15, 0.2) is 36.4 Å². The smallest absolute Gasteiger partial charge is 0.258 e. The fourth-order valence-electron chi connectivity index (χ4n) is 2.62. The van der Waals surface area contributed by atoms with Crippen LogP contribution in [-0.4, -0.2) is 35.0 Å². The Morgan fingerprint density at radius 1 is 1.35 bits per heavy atom. The van der Waals surface area contributed by atoms with Gasteiger partial charge in [0.1, 0.15) is 11.9 Å². The average molecular weight is 335 g/mol. The van der Waals surface area contributed by atoms with Crippen molar-refractivity contribution in [1.29, 1.82) is 0 Å². The Bertz CT molecular complexity index is 718. The van der Waals surface area contributed by atoms with Crippen molar-refractivity contribution in [3.05, 3.63) is 58.5 Å². The number of likely N-dealkylation sites (tertiary alicyclic amines) is 1. The van der Waals surface area contributed by atoms with E-state index in [-0.39, 0.29) is 16.7 Å². The molecule has 2 heterocycles. The van der Waals surface area contributed by atoms with Crippen LogP contribution in [0.1, 0.15) is 22.5 Å². The van der Waals surface area contributed by atoms with Crippen LogP contribution in [0.4, 0.5) is 4.39 Å². The predicted octanol–water partition coefficient (Wildman–Crippen LogP) is 3.48. The molecule has 0 bridgehead atoms. The fraction of sp³-hybridized carbons (Fsp3) is 0.294. The summed E-state index contributed by atoms with van der Waals surface area (Å²) in [6, 6.07) is 9.77. The van der Waals surface area contributed by atoms with Gasteiger partial charge in [-0.15, -0.1) is 0 Å². The Kier molecular flexibility index (Phi) is 4.48. The summed E-state index contributed by atoms with van der Waals surface area (Å²) in [5.74, 6) is -0.475. The van der Waals surface area contributed by atoms with Gasteiger partial charge in [0.2, 0.25) is 5.88 Å². The molecule has 0 saturated carbocycles. The van der Waals surface area contributed by atoms with Crippen molar-refractivity contribution in [2.24, 2.45) is 0 Å². The number of halogens is 2. The molecule has 0 N–H and O–H groups in total. The third kappa shape index (κ3) is 3.45. The number of hydrogen-bond donors (Lipinski definition) is 0. The maximum atomic E-state index is 13.9. The third-order valence-electron chi connectivity index (χ3n) is 3.76. The van der Waals surface area contributed by atoms with Gasteiger partial charge in [-0.3, -0.25) is 4.79 Å². The van der Waals surface area contributed by atoms with Gasteiger partial charge in [-0.1, -0.05) is 23.7 Å². The molecule has 4 nitrogen and oxygen atoms in total. The zero-order valence-electron chi connectivity index (χ0n) is 12.6. The Labute approximate surface area is 138 Å². The molecule has 0 aliphatic carbocycles. The minimum Gasteiger partial charge on any atom is -0.472 e. The highest BCUT2D eigenvalue weighted by atomic mass is 35.5. The number of benzene rings is 1. The Morgan fingerprint density at radius 3 is 2.87 bits per heavy atom. The van der Waals surface area contributed by atoms with E-state index in [0.717, 1.165) is 5.69 Å². The summed E-state index contributed by atoms with van der Waals surface area (Å²) in [4.78, 5) is 18.3. The number of pyridine rings is 1. The van der Waals surface area contributed by atoms with Crippen LogP contribution in [0.5, 0.6) is 5.88 Å². The maximum absolute atomic E-state index is 13.9. The quantitative estimate of drug-likeness (QED) is 0.863. The largest absolute Gasteiger partial charge is 0.472 e. The van der Waals surface area contributed by atoms with Crippen molar-refractivity contribution in [3.8, 4) is 5.88 Å². The van der Waals surface area contributed by atoms with Crippen molar-refractivity contribution in [2.75, 3.05) is 13.1 Å². The summed E-state index contributed by atoms with van der Waals surface area (Å²) in [5.41, 5.74) is 0.787. The zero-order valence-corrected chi connectivity index (χ0v) is 13.4. The summed E-state index contributed by atoms with van der Waals surface area (Å²) < 4.78 is 19.7. The lowest BCUT2D eigenvalue weighted by atomic mass is 10.2. The molecule has 1 aliphatic rings. The lowest BCUT2D eigenvalue weighted by molar-refractivity contribution is 0.0766. The number of aryl methyl sites for hydroxylation is 1. The molecule has 1 atom stereocenters. The van der Waals surface area contributed by atoms with E-state index in [1.165, 1.54) is 18.2 Å². The minimum absolute atomic E-state index is 0.0801. The highest BCUT2D eigenvalue weighted by Crippen LogP contribution is 2.24. The molecule has 1 aromatic carbocycles. The molecule has 0 spiro atoms. The van der Waals surface area contributed by atoms with E-state index < -0.39 is 11.7 Å². The molecule has 3 rings (SSSR count). The van der Waals surface area contributed by atoms with Gasteiger partial charge in [0.25, 0.3) is 5.91 Å². The van der Waals surface area contributed by atoms with Crippen molar-refractivity contribution < 1.29 is 13.9 Å². The van der Waals surface area contributed by atoms with E-state index in [1.54, 1.807) is 11.0 Å². The number of amides is 1. The van der Waals surface area contributed by atoms with Crippen LogP contribution in [-0.2, 0) is 0 Å². The van der Waals surface area contributed by atoms with Crippen molar-refractivity contribution >= 4 is 17.5 Å². The highest BCUT2D eigenvalue weighted by molar-refractivity contribution is 6.33. The second-order valence-corrected chi connectivity index (χ2v) is 5.90. The van der Waals surface area contributed by atoms with Crippen LogP contribution >= 0.6 is 11.6 Å². The van der Waals surface area contributed by atoms with Crippen LogP contribution in [0.25, 0.3) is 0 Å². The van der Waals surface area contributed by atoms with Gasteiger partial charge in [-0.25, -0.2) is 9.37 Å². The second kappa shape index (κ2) is 6.54. The SMILES string of the molecule is Cc1cccc(OC2CCN(C(=O)c3c(F)cccc3Cl)C2)n1. The molecular formula is C17H16ClFN2O2. The summed E-state index contributed by atoms with van der Waals surface area (Å²) >= 11 is 5.96. The lowest BCUT2D eigenvalue weighted by Gasteiger charge is -2.18. The number of carbonyl (C=O) groups excluding carboxylic acids is 1. The first-order valence-corrected chi connectivity index (χ1v) is 7.76. The first kappa shape index (κ1) is 15.7. The molecule has 1 unspecified atom stereocenters. The topological polar surface area (TPSA) is 42.4 Å². The van der Waals surface area contributed by atoms with Crippen LogP contribution in [0.3, 0.4) is 0 Å². The number of rotatable bonds is 3. The summed E-state index contributed by atoms with van der Waals surface area (Å²) in [6.07, 6.45) is 0.520. The van der Waals surface area contributed by atoms with E-state index >= 15 is 0 Å². The van der Waals surface area contributed by atoms with E-state index in [1.807, 2.05) is 19.1 Å². The van der Waals surface area contributed by atoms with Crippen molar-refractivity contribution in [3.63, 3.8) is 0 Å². The third-order valence-corrected chi connectivity index (χ3v) is 4.07. The Balaban J connectivity index is 1.69. The van der Waals surface area contributed by atoms with Gasteiger partial charge in [0, 0.05) is 24.7 Å². The summed E-state index contributed by atoms with van der Waals surface area (Å²) in [6.45, 7) is 2.77. The average Bonchev–Trinajstić information content (AvgIpc) is 2.95. The maximum Gasteiger partial charge on any atom is 0.258 e. The van der Waals surface area contributed by atoms with Gasteiger partial charge in [0.05, 0.1) is 17.1 Å². The van der Waals surface area contributed by atoms with Gasteiger partial charge in [-0.05, 0) is 25.1 Å². The second-order valence-electron chi connectivity index (χ2n) is 5.49. The summed E-state index contributed by atoms with van der Waals surface area (Å²) in [5, 5.41) is 0.125. The number of ether oxygens (including phenoxy) is 1. The van der Waals surface area contributed by atoms with Crippen molar-refractivity contribution in [2.45, 2.75) is 19.4 Å². The Morgan fingerprint density at radius 2 is 2.13 bits per heavy atom. The van der Waals surface area contributed by atoms with E-state index in [4.69, 9.17) is 16.3 Å². The molecule has 1 aliphatic heterocycles. The minimum atomic E-state index is -0.604. The van der Waals surface area contributed by atoms with Crippen molar-refractivity contribution in [1.82, 2.24) is 9.88 Å². The number of aromatic nitrogens is 1. The molecular weight excluding hydrogens is 319 g/mol. The molecule has 1 fully saturated rings. The van der Waals surface area contributed by atoms with E-state index in [2.05, 4.69) is 4.98 Å². The fourth-order valence-corrected chi connectivity index (χ4v) is 2.87. The highest BCUT2D eigenvalue weighted by Gasteiger charge is 2.30. The molecule has 2 aromatic rings. The lowest BCUT2D eigenvalue weighted by Crippen LogP contribution is -2.31. The number of carbonyl (C=O) groups is 1. The number of hydrogen-bond acceptors (Lipinski definition) is 3.